The molecule has 0 bridgehead atoms. The van der Waals surface area contributed by atoms with Crippen molar-refractivity contribution in [1.82, 2.24) is 4.31 Å². The number of benzene rings is 3. The lowest BCUT2D eigenvalue weighted by atomic mass is 10.1. The summed E-state index contributed by atoms with van der Waals surface area (Å²) in [4.78, 5) is 15.2. The Bertz CT molecular complexity index is 1350. The number of anilines is 1. The Kier molecular flexibility index (Phi) is 7.62. The van der Waals surface area contributed by atoms with Crippen LogP contribution in [0.25, 0.3) is 0 Å². The second kappa shape index (κ2) is 10.2. The zero-order chi connectivity index (χ0) is 24.6. The quantitative estimate of drug-likeness (QED) is 0.320. The second-order valence-electron chi connectivity index (χ2n) is 8.05. The average molecular weight is 603 g/mol. The van der Waals surface area contributed by atoms with Gasteiger partial charge in [-0.2, -0.15) is 4.31 Å². The zero-order valence-electron chi connectivity index (χ0n) is 18.0. The van der Waals surface area contributed by atoms with Gasteiger partial charge in [0.1, 0.15) is 0 Å². The summed E-state index contributed by atoms with van der Waals surface area (Å²) in [5.41, 5.74) is 2.35. The molecule has 4 rings (SSSR count). The normalized spacial score (nSPS) is 15.6. The molecular weight excluding hydrogens is 583 g/mol. The third-order valence-electron chi connectivity index (χ3n) is 5.65. The summed E-state index contributed by atoms with van der Waals surface area (Å²) in [6.45, 7) is 1.49. The minimum atomic E-state index is -4.04. The fourth-order valence-electron chi connectivity index (χ4n) is 4.03. The first-order valence-corrected chi connectivity index (χ1v) is 13.7. The van der Waals surface area contributed by atoms with E-state index < -0.39 is 10.0 Å². The summed E-state index contributed by atoms with van der Waals surface area (Å²) < 4.78 is 29.2. The van der Waals surface area contributed by atoms with Crippen molar-refractivity contribution in [1.29, 1.82) is 0 Å². The molecule has 1 amide bonds. The van der Waals surface area contributed by atoms with E-state index in [0.717, 1.165) is 20.0 Å². The highest BCUT2D eigenvalue weighted by molar-refractivity contribution is 9.10. The Morgan fingerprint density at radius 3 is 2.38 bits per heavy atom. The Morgan fingerprint density at radius 1 is 1.03 bits per heavy atom. The van der Waals surface area contributed by atoms with Crippen molar-refractivity contribution in [2.45, 2.75) is 30.8 Å². The maximum absolute atomic E-state index is 13.6. The summed E-state index contributed by atoms with van der Waals surface area (Å²) >= 11 is 21.8. The lowest BCUT2D eigenvalue weighted by Gasteiger charge is -2.28. The minimum absolute atomic E-state index is 0.0357. The molecule has 0 N–H and O–H groups in total. The largest absolute Gasteiger partial charge is 0.308 e. The molecule has 0 radical (unpaired) electrons. The predicted molar refractivity (Wildman–Crippen MR) is 140 cm³/mol. The van der Waals surface area contributed by atoms with Crippen LogP contribution in [0.4, 0.5) is 5.69 Å². The number of hydrogen-bond donors (Lipinski definition) is 0. The third-order valence-corrected chi connectivity index (χ3v) is 8.79. The molecule has 10 heteroatoms. The summed E-state index contributed by atoms with van der Waals surface area (Å²) in [7, 11) is -4.04. The van der Waals surface area contributed by atoms with Crippen LogP contribution in [0.15, 0.2) is 70.0 Å². The van der Waals surface area contributed by atoms with Gasteiger partial charge in [0.25, 0.3) is 0 Å². The van der Waals surface area contributed by atoms with Gasteiger partial charge < -0.3 is 4.90 Å². The van der Waals surface area contributed by atoms with E-state index in [1.807, 2.05) is 25.1 Å². The van der Waals surface area contributed by atoms with E-state index in [0.29, 0.717) is 27.1 Å². The van der Waals surface area contributed by atoms with Crippen molar-refractivity contribution in [3.63, 3.8) is 0 Å². The van der Waals surface area contributed by atoms with Crippen molar-refractivity contribution >= 4 is 72.4 Å². The molecule has 1 aliphatic heterocycles. The Morgan fingerprint density at radius 2 is 1.71 bits per heavy atom. The molecule has 0 saturated heterocycles. The van der Waals surface area contributed by atoms with E-state index in [1.54, 1.807) is 23.1 Å². The first-order valence-electron chi connectivity index (χ1n) is 10.4. The van der Waals surface area contributed by atoms with E-state index in [4.69, 9.17) is 34.8 Å². The molecule has 1 heterocycles. The number of fused-ring (bicyclic) bond motifs is 1. The molecule has 3 aromatic rings. The number of carbonyl (C=O) groups excluding carboxylic acids is 1. The van der Waals surface area contributed by atoms with Crippen molar-refractivity contribution in [3.05, 3.63) is 91.3 Å². The van der Waals surface area contributed by atoms with E-state index in [2.05, 4.69) is 15.9 Å². The van der Waals surface area contributed by atoms with Crippen LogP contribution in [0, 0.1) is 0 Å². The van der Waals surface area contributed by atoms with Crippen LogP contribution in [-0.2, 0) is 27.8 Å². The summed E-state index contributed by atoms with van der Waals surface area (Å²) in [6.07, 6.45) is 0.688. The number of rotatable bonds is 6. The Balaban J connectivity index is 1.69. The van der Waals surface area contributed by atoms with Gasteiger partial charge in [0.15, 0.2) is 0 Å². The molecule has 3 aromatic carbocycles. The van der Waals surface area contributed by atoms with Gasteiger partial charge >= 0.3 is 0 Å². The van der Waals surface area contributed by atoms with Crippen LogP contribution < -0.4 is 4.90 Å². The van der Waals surface area contributed by atoms with Gasteiger partial charge in [0.2, 0.25) is 15.9 Å². The Labute approximate surface area is 222 Å². The monoisotopic (exact) mass is 600 g/mol. The van der Waals surface area contributed by atoms with E-state index in [1.165, 1.54) is 24.3 Å². The van der Waals surface area contributed by atoms with Gasteiger partial charge in [-0.1, -0.05) is 56.8 Å². The van der Waals surface area contributed by atoms with Crippen molar-refractivity contribution in [2.24, 2.45) is 0 Å². The fourth-order valence-corrected chi connectivity index (χ4v) is 6.40. The predicted octanol–water partition coefficient (Wildman–Crippen LogP) is 6.58. The summed E-state index contributed by atoms with van der Waals surface area (Å²) in [6, 6.07) is 16.3. The van der Waals surface area contributed by atoms with Gasteiger partial charge in [-0.15, -0.1) is 0 Å². The maximum atomic E-state index is 13.6. The number of nitrogens with zero attached hydrogens (tertiary/aromatic N) is 2. The van der Waals surface area contributed by atoms with Gasteiger partial charge in [0.05, 0.1) is 11.4 Å². The van der Waals surface area contributed by atoms with Crippen molar-refractivity contribution in [2.75, 3.05) is 11.4 Å². The first kappa shape index (κ1) is 25.5. The van der Waals surface area contributed by atoms with Crippen molar-refractivity contribution in [3.8, 4) is 0 Å². The fraction of sp³-hybridized carbons (Fsp3) is 0.208. The molecular formula is C24H20BrCl3N2O3S. The second-order valence-corrected chi connectivity index (χ2v) is 12.2. The lowest BCUT2D eigenvalue weighted by Crippen LogP contribution is -2.44. The number of halogens is 4. The van der Waals surface area contributed by atoms with Crippen LogP contribution in [0.5, 0.6) is 0 Å². The topological polar surface area (TPSA) is 57.7 Å². The molecule has 0 spiro atoms. The van der Waals surface area contributed by atoms with Gasteiger partial charge in [-0.3, -0.25) is 4.79 Å². The number of hydrogen-bond acceptors (Lipinski definition) is 3. The molecule has 0 aliphatic carbocycles. The maximum Gasteiger partial charge on any atom is 0.243 e. The first-order chi connectivity index (χ1) is 16.1. The average Bonchev–Trinajstić information content (AvgIpc) is 3.10. The van der Waals surface area contributed by atoms with Crippen LogP contribution in [0.2, 0.25) is 15.1 Å². The van der Waals surface area contributed by atoms with Gasteiger partial charge in [0, 0.05) is 37.8 Å². The zero-order valence-corrected chi connectivity index (χ0v) is 22.7. The molecule has 1 aliphatic rings. The number of amides is 1. The minimum Gasteiger partial charge on any atom is -0.308 e. The Hall–Kier alpha value is -1.61. The number of sulfonamides is 1. The standard InChI is InChI=1S/C24H20BrCl3N2O3S/c1-15-10-17-11-18(25)3-9-23(17)30(15)24(31)14-29(13-16-2-4-20(27)12-22(16)28)34(32,33)21-7-5-19(26)6-8-21/h2-9,11-12,15H,10,13-14H2,1H3/t15-/m1/s1. The molecule has 0 fully saturated rings. The smallest absolute Gasteiger partial charge is 0.243 e. The van der Waals surface area contributed by atoms with Crippen LogP contribution in [0.3, 0.4) is 0 Å². The molecule has 0 aromatic heterocycles. The molecule has 0 saturated carbocycles. The van der Waals surface area contributed by atoms with Crippen molar-refractivity contribution < 1.29 is 13.2 Å². The SMILES string of the molecule is C[C@@H]1Cc2cc(Br)ccc2N1C(=O)CN(Cc1ccc(Cl)cc1Cl)S(=O)(=O)c1ccc(Cl)cc1. The molecule has 34 heavy (non-hydrogen) atoms. The highest BCUT2D eigenvalue weighted by Crippen LogP contribution is 2.35. The van der Waals surface area contributed by atoms with Crippen LogP contribution in [-0.4, -0.2) is 31.2 Å². The molecule has 1 atom stereocenters. The number of carbonyl (C=O) groups is 1. The highest BCUT2D eigenvalue weighted by atomic mass is 79.9. The lowest BCUT2D eigenvalue weighted by molar-refractivity contribution is -0.119. The van der Waals surface area contributed by atoms with Gasteiger partial charge in [-0.05, 0) is 79.1 Å². The van der Waals surface area contributed by atoms with Crippen LogP contribution >= 0.6 is 50.7 Å². The molecule has 178 valence electrons. The van der Waals surface area contributed by atoms with E-state index in [-0.39, 0.29) is 29.9 Å². The van der Waals surface area contributed by atoms with E-state index in [9.17, 15) is 13.2 Å². The highest BCUT2D eigenvalue weighted by Gasteiger charge is 2.35. The summed E-state index contributed by atoms with van der Waals surface area (Å²) in [5.74, 6) is -0.323. The molecule has 0 unspecified atom stereocenters. The summed E-state index contributed by atoms with van der Waals surface area (Å²) in [5, 5.41) is 1.17. The molecule has 5 nitrogen and oxygen atoms in total. The van der Waals surface area contributed by atoms with E-state index >= 15 is 0 Å². The van der Waals surface area contributed by atoms with Crippen LogP contribution in [0.1, 0.15) is 18.1 Å². The van der Waals surface area contributed by atoms with Gasteiger partial charge in [-0.25, -0.2) is 8.42 Å². The third kappa shape index (κ3) is 5.30.